The monoisotopic (exact) mass is 381 g/mol. The van der Waals surface area contributed by atoms with Crippen LogP contribution in [-0.4, -0.2) is 38.1 Å². The predicted molar refractivity (Wildman–Crippen MR) is 109 cm³/mol. The molecule has 4 aromatic rings. The summed E-state index contributed by atoms with van der Waals surface area (Å²) in [5.41, 5.74) is 2.27. The van der Waals surface area contributed by atoms with Crippen LogP contribution < -0.4 is 15.9 Å². The van der Waals surface area contributed by atoms with E-state index >= 15 is 0 Å². The van der Waals surface area contributed by atoms with Gasteiger partial charge in [0.2, 0.25) is 5.95 Å². The van der Waals surface area contributed by atoms with Crippen LogP contribution in [0.1, 0.15) is 0 Å². The molecule has 3 N–H and O–H groups in total. The normalized spacial score (nSPS) is 11.7. The maximum atomic E-state index is 12.7. The molecule has 0 aliphatic heterocycles. The summed E-state index contributed by atoms with van der Waals surface area (Å²) in [5, 5.41) is 12.3. The number of anilines is 4. The van der Waals surface area contributed by atoms with Crippen molar-refractivity contribution in [2.75, 3.05) is 24.0 Å². The van der Waals surface area contributed by atoms with Crippen molar-refractivity contribution in [2.45, 2.75) is 0 Å². The SMILES string of the molecule is Cn1cc(Nc2nc(Nc3ccccc3P(C)(C)=O)c3cc[nH]c3n2)cn1. The molecule has 0 aliphatic rings. The fourth-order valence-corrected chi connectivity index (χ4v) is 4.04. The van der Waals surface area contributed by atoms with E-state index in [1.165, 1.54) is 0 Å². The number of aromatic nitrogens is 5. The zero-order chi connectivity index (χ0) is 19.0. The Morgan fingerprint density at radius 1 is 1.11 bits per heavy atom. The van der Waals surface area contributed by atoms with Crippen LogP contribution in [0.4, 0.5) is 23.1 Å². The van der Waals surface area contributed by atoms with E-state index in [9.17, 15) is 4.57 Å². The van der Waals surface area contributed by atoms with Crippen molar-refractivity contribution in [3.63, 3.8) is 0 Å². The van der Waals surface area contributed by atoms with Crippen molar-refractivity contribution in [1.29, 1.82) is 0 Å². The summed E-state index contributed by atoms with van der Waals surface area (Å²) < 4.78 is 14.4. The molecule has 0 amide bonds. The first kappa shape index (κ1) is 17.3. The molecule has 0 aliphatic carbocycles. The number of rotatable bonds is 5. The summed E-state index contributed by atoms with van der Waals surface area (Å²) in [7, 11) is -0.597. The Hall–Kier alpha value is -3.12. The highest BCUT2D eigenvalue weighted by molar-refractivity contribution is 7.70. The van der Waals surface area contributed by atoms with Crippen LogP contribution in [0.3, 0.4) is 0 Å². The van der Waals surface area contributed by atoms with Gasteiger partial charge >= 0.3 is 0 Å². The Labute approximate surface area is 156 Å². The lowest BCUT2D eigenvalue weighted by molar-refractivity contribution is 0.588. The first-order chi connectivity index (χ1) is 12.9. The number of fused-ring (bicyclic) bond motifs is 1. The van der Waals surface area contributed by atoms with Gasteiger partial charge in [0.05, 0.1) is 23.0 Å². The number of nitrogens with one attached hydrogen (secondary N) is 3. The van der Waals surface area contributed by atoms with Gasteiger partial charge in [-0.2, -0.15) is 15.1 Å². The fourth-order valence-electron chi connectivity index (χ4n) is 2.88. The van der Waals surface area contributed by atoms with Crippen LogP contribution in [0.2, 0.25) is 0 Å². The predicted octanol–water partition coefficient (Wildman–Crippen LogP) is 3.43. The number of nitrogens with zero attached hydrogens (tertiary/aromatic N) is 4. The van der Waals surface area contributed by atoms with E-state index in [2.05, 4.69) is 30.7 Å². The van der Waals surface area contributed by atoms with Crippen LogP contribution in [0, 0.1) is 0 Å². The number of aryl methyl sites for hydroxylation is 1. The Balaban J connectivity index is 1.76. The molecule has 0 radical (unpaired) electrons. The molecule has 0 atom stereocenters. The molecule has 3 heterocycles. The van der Waals surface area contributed by atoms with Crippen molar-refractivity contribution in [3.8, 4) is 0 Å². The van der Waals surface area contributed by atoms with E-state index in [0.29, 0.717) is 17.4 Å². The highest BCUT2D eigenvalue weighted by atomic mass is 31.2. The van der Waals surface area contributed by atoms with E-state index in [0.717, 1.165) is 22.1 Å². The summed E-state index contributed by atoms with van der Waals surface area (Å²) in [6.45, 7) is 3.52. The highest BCUT2D eigenvalue weighted by Crippen LogP contribution is 2.38. The Kier molecular flexibility index (Phi) is 4.20. The minimum atomic E-state index is -2.44. The molecule has 0 fully saturated rings. The van der Waals surface area contributed by atoms with Gasteiger partial charge < -0.3 is 20.2 Å². The molecular weight excluding hydrogens is 361 g/mol. The third-order valence-electron chi connectivity index (χ3n) is 4.11. The molecule has 0 saturated heterocycles. The molecule has 0 saturated carbocycles. The van der Waals surface area contributed by atoms with Crippen molar-refractivity contribution in [3.05, 3.63) is 48.9 Å². The van der Waals surface area contributed by atoms with E-state index in [1.807, 2.05) is 49.8 Å². The standard InChI is InChI=1S/C18H20N7OP/c1-25-11-12(10-20-25)21-18-23-16-13(8-9-19-16)17(24-18)22-14-6-4-5-7-15(14)27(2,3)26/h4-11H,1-3H3,(H3,19,21,22,23,24). The molecule has 0 bridgehead atoms. The maximum absolute atomic E-state index is 12.7. The maximum Gasteiger partial charge on any atom is 0.231 e. The third kappa shape index (κ3) is 3.57. The smallest absolute Gasteiger partial charge is 0.231 e. The van der Waals surface area contributed by atoms with Gasteiger partial charge in [-0.15, -0.1) is 0 Å². The largest absolute Gasteiger partial charge is 0.346 e. The summed E-state index contributed by atoms with van der Waals surface area (Å²) in [5.74, 6) is 1.07. The number of H-pyrrole nitrogens is 1. The van der Waals surface area contributed by atoms with Crippen LogP contribution in [0.15, 0.2) is 48.9 Å². The molecule has 1 aromatic carbocycles. The van der Waals surface area contributed by atoms with Gasteiger partial charge in [0, 0.05) is 24.7 Å². The first-order valence-corrected chi connectivity index (χ1v) is 11.0. The number of hydrogen-bond donors (Lipinski definition) is 3. The average molecular weight is 381 g/mol. The molecule has 27 heavy (non-hydrogen) atoms. The molecular formula is C18H20N7OP. The number of benzene rings is 1. The molecule has 3 aromatic heterocycles. The van der Waals surface area contributed by atoms with Crippen molar-refractivity contribution < 1.29 is 4.57 Å². The van der Waals surface area contributed by atoms with E-state index in [1.54, 1.807) is 24.2 Å². The quantitative estimate of drug-likeness (QED) is 0.458. The highest BCUT2D eigenvalue weighted by Gasteiger charge is 2.17. The summed E-state index contributed by atoms with van der Waals surface area (Å²) >= 11 is 0. The molecule has 9 heteroatoms. The number of aromatic amines is 1. The number of para-hydroxylation sites is 1. The summed E-state index contributed by atoms with van der Waals surface area (Å²) in [6.07, 6.45) is 5.36. The summed E-state index contributed by atoms with van der Waals surface area (Å²) in [6, 6.07) is 9.50. The van der Waals surface area contributed by atoms with Gasteiger partial charge in [0.25, 0.3) is 0 Å². The molecule has 0 unspecified atom stereocenters. The molecule has 138 valence electrons. The minimum absolute atomic E-state index is 0.439. The van der Waals surface area contributed by atoms with Gasteiger partial charge in [-0.25, -0.2) is 0 Å². The van der Waals surface area contributed by atoms with Crippen LogP contribution in [0.5, 0.6) is 0 Å². The summed E-state index contributed by atoms with van der Waals surface area (Å²) in [4.78, 5) is 12.2. The molecule has 8 nitrogen and oxygen atoms in total. The van der Waals surface area contributed by atoms with Crippen LogP contribution in [-0.2, 0) is 11.6 Å². The first-order valence-electron chi connectivity index (χ1n) is 8.42. The lowest BCUT2D eigenvalue weighted by Gasteiger charge is -2.15. The van der Waals surface area contributed by atoms with Gasteiger partial charge in [-0.1, -0.05) is 12.1 Å². The van der Waals surface area contributed by atoms with Gasteiger partial charge in [0.15, 0.2) is 0 Å². The second-order valence-corrected chi connectivity index (χ2v) is 9.84. The molecule has 4 rings (SSSR count). The lowest BCUT2D eigenvalue weighted by atomic mass is 10.3. The van der Waals surface area contributed by atoms with Crippen molar-refractivity contribution in [2.24, 2.45) is 7.05 Å². The van der Waals surface area contributed by atoms with Crippen molar-refractivity contribution >= 4 is 46.6 Å². The van der Waals surface area contributed by atoms with Crippen LogP contribution >= 0.6 is 7.14 Å². The van der Waals surface area contributed by atoms with Gasteiger partial charge in [-0.3, -0.25) is 4.68 Å². The van der Waals surface area contributed by atoms with Crippen molar-refractivity contribution in [1.82, 2.24) is 24.7 Å². The average Bonchev–Trinajstić information content (AvgIpc) is 3.23. The lowest BCUT2D eigenvalue weighted by Crippen LogP contribution is -2.10. The molecule has 0 spiro atoms. The van der Waals surface area contributed by atoms with E-state index < -0.39 is 7.14 Å². The Morgan fingerprint density at radius 3 is 2.67 bits per heavy atom. The zero-order valence-electron chi connectivity index (χ0n) is 15.3. The fraction of sp³-hybridized carbons (Fsp3) is 0.167. The minimum Gasteiger partial charge on any atom is -0.346 e. The second-order valence-electron chi connectivity index (χ2n) is 6.66. The van der Waals surface area contributed by atoms with Crippen LogP contribution in [0.25, 0.3) is 11.0 Å². The number of hydrogen-bond acceptors (Lipinski definition) is 6. The van der Waals surface area contributed by atoms with Gasteiger partial charge in [-0.05, 0) is 31.5 Å². The van der Waals surface area contributed by atoms with Gasteiger partial charge in [0.1, 0.15) is 18.6 Å². The Bertz CT molecular complexity index is 1160. The topological polar surface area (TPSA) is 101 Å². The zero-order valence-corrected chi connectivity index (χ0v) is 16.2. The van der Waals surface area contributed by atoms with E-state index in [-0.39, 0.29) is 0 Å². The van der Waals surface area contributed by atoms with E-state index in [4.69, 9.17) is 0 Å². The Morgan fingerprint density at radius 2 is 1.93 bits per heavy atom. The third-order valence-corrected chi connectivity index (χ3v) is 5.66. The second kappa shape index (κ2) is 6.55.